The summed E-state index contributed by atoms with van der Waals surface area (Å²) < 4.78 is 16.6. The lowest BCUT2D eigenvalue weighted by Crippen LogP contribution is -2.23. The van der Waals surface area contributed by atoms with Gasteiger partial charge >= 0.3 is 5.97 Å². The molecule has 160 valence electrons. The van der Waals surface area contributed by atoms with Crippen LogP contribution in [0.25, 0.3) is 0 Å². The normalized spacial score (nSPS) is 15.0. The molecule has 3 aromatic rings. The highest BCUT2D eigenvalue weighted by molar-refractivity contribution is 5.94. The second-order valence-electron chi connectivity index (χ2n) is 7.08. The number of rotatable bonds is 7. The van der Waals surface area contributed by atoms with Gasteiger partial charge in [0.1, 0.15) is 12.4 Å². The van der Waals surface area contributed by atoms with Crippen molar-refractivity contribution in [3.63, 3.8) is 0 Å². The number of carbonyl (C=O) groups is 2. The van der Waals surface area contributed by atoms with Crippen molar-refractivity contribution in [3.8, 4) is 11.5 Å². The third-order valence-electron chi connectivity index (χ3n) is 5.18. The number of esters is 1. The molecule has 0 aliphatic carbocycles. The van der Waals surface area contributed by atoms with Crippen LogP contribution in [0, 0.1) is 0 Å². The maximum Gasteiger partial charge on any atom is 0.338 e. The van der Waals surface area contributed by atoms with E-state index in [1.165, 1.54) is 0 Å². The van der Waals surface area contributed by atoms with Crippen molar-refractivity contribution in [3.05, 3.63) is 70.9 Å². The summed E-state index contributed by atoms with van der Waals surface area (Å²) in [7, 11) is 1.56. The number of anilines is 1. The lowest BCUT2D eigenvalue weighted by Gasteiger charge is -2.23. The third kappa shape index (κ3) is 4.23. The van der Waals surface area contributed by atoms with E-state index in [0.29, 0.717) is 35.9 Å². The van der Waals surface area contributed by atoms with Crippen LogP contribution >= 0.6 is 0 Å². The van der Waals surface area contributed by atoms with Crippen LogP contribution in [0.1, 0.15) is 46.3 Å². The molecule has 8 heteroatoms. The number of fused-ring (bicyclic) bond motifs is 1. The monoisotopic (exact) mass is 421 g/mol. The Labute approximate surface area is 179 Å². The molecule has 2 N–H and O–H groups in total. The minimum Gasteiger partial charge on any atom is -0.493 e. The van der Waals surface area contributed by atoms with Gasteiger partial charge in [-0.3, -0.25) is 9.89 Å². The lowest BCUT2D eigenvalue weighted by molar-refractivity contribution is -0.116. The number of H-pyrrole nitrogens is 1. The van der Waals surface area contributed by atoms with Crippen LogP contribution in [-0.2, 0) is 16.1 Å². The first-order valence-corrected chi connectivity index (χ1v) is 9.99. The Balaban J connectivity index is 1.56. The van der Waals surface area contributed by atoms with E-state index in [1.807, 2.05) is 30.3 Å². The van der Waals surface area contributed by atoms with Gasteiger partial charge in [-0.1, -0.05) is 24.3 Å². The van der Waals surface area contributed by atoms with Crippen LogP contribution in [0.2, 0.25) is 0 Å². The average Bonchev–Trinajstić information content (AvgIpc) is 3.25. The molecule has 0 bridgehead atoms. The number of methoxy groups -OCH3 is 1. The molecule has 1 aromatic heterocycles. The molecule has 0 fully saturated rings. The number of hydrogen-bond donors (Lipinski definition) is 2. The molecule has 0 spiro atoms. The fourth-order valence-corrected chi connectivity index (χ4v) is 3.67. The van der Waals surface area contributed by atoms with E-state index in [-0.39, 0.29) is 24.4 Å². The first-order chi connectivity index (χ1) is 15.1. The summed E-state index contributed by atoms with van der Waals surface area (Å²) in [6, 6.07) is 12.8. The predicted molar refractivity (Wildman–Crippen MR) is 113 cm³/mol. The van der Waals surface area contributed by atoms with E-state index in [4.69, 9.17) is 14.2 Å². The van der Waals surface area contributed by atoms with Gasteiger partial charge in [-0.25, -0.2) is 4.79 Å². The molecule has 2 heterocycles. The molecular weight excluding hydrogens is 398 g/mol. The summed E-state index contributed by atoms with van der Waals surface area (Å²) in [5.41, 5.74) is 3.05. The number of aromatic amines is 1. The standard InChI is InChI=1S/C23H23N3O5/c1-3-30-23(28)16-7-5-4-6-15(16)13-31-19-9-8-14(10-20(19)29-2)17-11-21(27)25-22-18(17)12-24-26-22/h4-10,12,17H,3,11,13H2,1-2H3,(H2,24,25,26,27). The second kappa shape index (κ2) is 8.91. The zero-order chi connectivity index (χ0) is 21.8. The highest BCUT2D eigenvalue weighted by Crippen LogP contribution is 2.39. The van der Waals surface area contributed by atoms with Crippen LogP contribution in [-0.4, -0.2) is 35.8 Å². The van der Waals surface area contributed by atoms with Gasteiger partial charge < -0.3 is 19.5 Å². The number of hydrogen-bond acceptors (Lipinski definition) is 6. The highest BCUT2D eigenvalue weighted by atomic mass is 16.5. The van der Waals surface area contributed by atoms with Gasteiger partial charge in [-0.05, 0) is 30.7 Å². The zero-order valence-electron chi connectivity index (χ0n) is 17.3. The van der Waals surface area contributed by atoms with E-state index in [1.54, 1.807) is 32.4 Å². The SMILES string of the molecule is CCOC(=O)c1ccccc1COc1ccc(C2CC(=O)Nc3[nH]ncc32)cc1OC. The summed E-state index contributed by atoms with van der Waals surface area (Å²) in [6.45, 7) is 2.26. The van der Waals surface area contributed by atoms with Crippen LogP contribution in [0.15, 0.2) is 48.7 Å². The number of nitrogens with zero attached hydrogens (tertiary/aromatic N) is 1. The molecule has 1 aliphatic heterocycles. The van der Waals surface area contributed by atoms with Crippen molar-refractivity contribution < 1.29 is 23.8 Å². The van der Waals surface area contributed by atoms with Gasteiger partial charge in [-0.15, -0.1) is 0 Å². The van der Waals surface area contributed by atoms with Crippen LogP contribution in [0.4, 0.5) is 5.82 Å². The lowest BCUT2D eigenvalue weighted by atomic mass is 9.87. The van der Waals surface area contributed by atoms with Gasteiger partial charge in [0.25, 0.3) is 0 Å². The zero-order valence-corrected chi connectivity index (χ0v) is 17.3. The number of amides is 1. The van der Waals surface area contributed by atoms with E-state index in [2.05, 4.69) is 15.5 Å². The molecule has 1 atom stereocenters. The Hall–Kier alpha value is -3.81. The summed E-state index contributed by atoms with van der Waals surface area (Å²) in [5, 5.41) is 9.64. The quantitative estimate of drug-likeness (QED) is 0.565. The minimum atomic E-state index is -0.379. The van der Waals surface area contributed by atoms with Crippen molar-refractivity contribution >= 4 is 17.7 Å². The minimum absolute atomic E-state index is 0.0726. The molecular formula is C23H23N3O5. The first kappa shape index (κ1) is 20.5. The Morgan fingerprint density at radius 3 is 2.84 bits per heavy atom. The fraction of sp³-hybridized carbons (Fsp3) is 0.261. The van der Waals surface area contributed by atoms with Crippen molar-refractivity contribution in [2.75, 3.05) is 19.0 Å². The van der Waals surface area contributed by atoms with Gasteiger partial charge in [0.05, 0.1) is 25.5 Å². The van der Waals surface area contributed by atoms with Crippen molar-refractivity contribution in [2.24, 2.45) is 0 Å². The Bertz CT molecular complexity index is 1110. The molecule has 0 saturated carbocycles. The summed E-state index contributed by atoms with van der Waals surface area (Å²) in [6.07, 6.45) is 2.05. The van der Waals surface area contributed by atoms with Crippen molar-refractivity contribution in [1.82, 2.24) is 10.2 Å². The predicted octanol–water partition coefficient (Wildman–Crippen LogP) is 3.65. The van der Waals surface area contributed by atoms with E-state index in [9.17, 15) is 9.59 Å². The maximum absolute atomic E-state index is 12.2. The summed E-state index contributed by atoms with van der Waals surface area (Å²) in [4.78, 5) is 24.3. The number of aromatic nitrogens is 2. The Morgan fingerprint density at radius 1 is 1.19 bits per heavy atom. The van der Waals surface area contributed by atoms with Gasteiger partial charge in [0.15, 0.2) is 11.5 Å². The highest BCUT2D eigenvalue weighted by Gasteiger charge is 2.28. The molecule has 0 saturated heterocycles. The first-order valence-electron chi connectivity index (χ1n) is 9.99. The van der Waals surface area contributed by atoms with Crippen LogP contribution in [0.3, 0.4) is 0 Å². The maximum atomic E-state index is 12.2. The molecule has 8 nitrogen and oxygen atoms in total. The van der Waals surface area contributed by atoms with E-state index in [0.717, 1.165) is 16.7 Å². The van der Waals surface area contributed by atoms with Gasteiger partial charge in [0, 0.05) is 23.5 Å². The van der Waals surface area contributed by atoms with Crippen molar-refractivity contribution in [1.29, 1.82) is 0 Å². The Kier molecular flexibility index (Phi) is 5.88. The van der Waals surface area contributed by atoms with Gasteiger partial charge in [-0.2, -0.15) is 5.10 Å². The molecule has 1 amide bonds. The molecule has 31 heavy (non-hydrogen) atoms. The molecule has 4 rings (SSSR count). The molecule has 1 aliphatic rings. The second-order valence-corrected chi connectivity index (χ2v) is 7.08. The van der Waals surface area contributed by atoms with Crippen LogP contribution < -0.4 is 14.8 Å². The molecule has 0 radical (unpaired) electrons. The third-order valence-corrected chi connectivity index (χ3v) is 5.18. The molecule has 1 unspecified atom stereocenters. The average molecular weight is 421 g/mol. The number of nitrogens with one attached hydrogen (secondary N) is 2. The van der Waals surface area contributed by atoms with Gasteiger partial charge in [0.2, 0.25) is 5.91 Å². The smallest absolute Gasteiger partial charge is 0.338 e. The summed E-state index contributed by atoms with van der Waals surface area (Å²) in [5.74, 6) is 1.12. The number of ether oxygens (including phenoxy) is 3. The Morgan fingerprint density at radius 2 is 2.03 bits per heavy atom. The van der Waals surface area contributed by atoms with Crippen molar-refractivity contribution in [2.45, 2.75) is 25.9 Å². The molecule has 2 aromatic carbocycles. The van der Waals surface area contributed by atoms with E-state index < -0.39 is 0 Å². The van der Waals surface area contributed by atoms with Crippen LogP contribution in [0.5, 0.6) is 11.5 Å². The largest absolute Gasteiger partial charge is 0.493 e. The number of benzene rings is 2. The fourth-order valence-electron chi connectivity index (χ4n) is 3.67. The van der Waals surface area contributed by atoms with E-state index >= 15 is 0 Å². The topological polar surface area (TPSA) is 103 Å². The number of carbonyl (C=O) groups excluding carboxylic acids is 2. The summed E-state index contributed by atoms with van der Waals surface area (Å²) >= 11 is 0.